The van der Waals surface area contributed by atoms with E-state index in [0.717, 1.165) is 65.1 Å². The van der Waals surface area contributed by atoms with E-state index in [0.29, 0.717) is 41.6 Å². The Morgan fingerprint density at radius 3 is 2.23 bits per heavy atom. The molecule has 8 nitrogen and oxygen atoms in total. The Balaban J connectivity index is 1.41. The first-order valence-corrected chi connectivity index (χ1v) is 15.2. The molecular weight excluding hydrogens is 556 g/mol. The highest BCUT2D eigenvalue weighted by Crippen LogP contribution is 2.60. The standard InChI is InChI=1S/C36H36N2O6/c1-37-11-9-21-17-30-31-18-23(21)26(37)15-20-6-8-29(41-3)25(14-20)24-13-19(5-7-28(24)39)16-27-32-22(10-12-38(27)2)33(40)35(42-4)36(44-30)34(32)43-31/h5-8,13-14,17-18,26-27,39-40H,9-12,15-16H2,1-4H3. The number of fused-ring (bicyclic) bond motifs is 5. The molecule has 0 saturated carbocycles. The highest BCUT2D eigenvalue weighted by atomic mass is 16.6. The first kappa shape index (κ1) is 27.2. The van der Waals surface area contributed by atoms with E-state index < -0.39 is 0 Å². The first-order chi connectivity index (χ1) is 21.3. The van der Waals surface area contributed by atoms with Crippen LogP contribution in [0, 0.1) is 0 Å². The number of phenols is 2. The number of methoxy groups -OCH3 is 2. The van der Waals surface area contributed by atoms with Gasteiger partial charge >= 0.3 is 0 Å². The molecule has 0 radical (unpaired) electrons. The normalized spacial score (nSPS) is 20.1. The lowest BCUT2D eigenvalue weighted by Crippen LogP contribution is -2.34. The van der Waals surface area contributed by atoms with Gasteiger partial charge in [0.15, 0.2) is 23.0 Å². The summed E-state index contributed by atoms with van der Waals surface area (Å²) >= 11 is 0. The second-order valence-corrected chi connectivity index (χ2v) is 12.4. The van der Waals surface area contributed by atoms with Crippen LogP contribution in [0.4, 0.5) is 0 Å². The number of nitrogens with zero attached hydrogens (tertiary/aromatic N) is 2. The fraction of sp³-hybridized carbons (Fsp3) is 0.333. The fourth-order valence-corrected chi connectivity index (χ4v) is 7.59. The molecule has 0 spiro atoms. The quantitative estimate of drug-likeness (QED) is 0.239. The second-order valence-electron chi connectivity index (χ2n) is 12.4. The van der Waals surface area contributed by atoms with Crippen LogP contribution in [0.15, 0.2) is 48.5 Å². The van der Waals surface area contributed by atoms with E-state index in [1.807, 2.05) is 12.1 Å². The van der Waals surface area contributed by atoms with Gasteiger partial charge in [-0.15, -0.1) is 0 Å². The largest absolute Gasteiger partial charge is 0.507 e. The van der Waals surface area contributed by atoms with Crippen LogP contribution < -0.4 is 18.9 Å². The molecule has 0 saturated heterocycles. The van der Waals surface area contributed by atoms with Gasteiger partial charge in [-0.05, 0) is 98.4 Å². The Bertz CT molecular complexity index is 1830. The van der Waals surface area contributed by atoms with Crippen molar-refractivity contribution in [3.63, 3.8) is 0 Å². The van der Waals surface area contributed by atoms with E-state index in [-0.39, 0.29) is 23.6 Å². The third-order valence-corrected chi connectivity index (χ3v) is 9.99. The average molecular weight is 593 g/mol. The highest BCUT2D eigenvalue weighted by molar-refractivity contribution is 5.77. The van der Waals surface area contributed by atoms with Gasteiger partial charge in [0, 0.05) is 47.4 Å². The van der Waals surface area contributed by atoms with Gasteiger partial charge in [-0.25, -0.2) is 0 Å². The first-order valence-electron chi connectivity index (χ1n) is 15.2. The van der Waals surface area contributed by atoms with Crippen LogP contribution in [0.25, 0.3) is 11.1 Å². The predicted octanol–water partition coefficient (Wildman–Crippen LogP) is 6.54. The Hall–Kier alpha value is -4.40. The van der Waals surface area contributed by atoms with Crippen molar-refractivity contribution in [3.05, 3.63) is 81.9 Å². The van der Waals surface area contributed by atoms with Crippen LogP contribution in [-0.4, -0.2) is 61.4 Å². The Morgan fingerprint density at radius 2 is 1.43 bits per heavy atom. The molecule has 8 heteroatoms. The summed E-state index contributed by atoms with van der Waals surface area (Å²) in [5.74, 6) is 3.64. The summed E-state index contributed by atoms with van der Waals surface area (Å²) < 4.78 is 25.0. The summed E-state index contributed by atoms with van der Waals surface area (Å²) in [5, 5.41) is 22.7. The molecule has 4 heterocycles. The summed E-state index contributed by atoms with van der Waals surface area (Å²) in [4.78, 5) is 4.69. The molecule has 0 fully saturated rings. The maximum absolute atomic E-state index is 11.5. The number of likely N-dealkylation sites (N-methyl/N-ethyl adjacent to an activating group) is 2. The number of benzene rings is 4. The van der Waals surface area contributed by atoms with Crippen LogP contribution in [0.2, 0.25) is 0 Å². The third kappa shape index (κ3) is 4.04. The number of phenolic OH excluding ortho intramolecular Hbond substituents is 2. The zero-order valence-corrected chi connectivity index (χ0v) is 25.4. The molecule has 8 rings (SSSR count). The van der Waals surface area contributed by atoms with E-state index in [9.17, 15) is 10.2 Å². The molecule has 2 atom stereocenters. The minimum atomic E-state index is -0.121. The van der Waals surface area contributed by atoms with E-state index in [1.54, 1.807) is 20.3 Å². The summed E-state index contributed by atoms with van der Waals surface area (Å²) in [6.45, 7) is 1.66. The summed E-state index contributed by atoms with van der Waals surface area (Å²) in [6, 6.07) is 16.3. The summed E-state index contributed by atoms with van der Waals surface area (Å²) in [7, 11) is 7.49. The lowest BCUT2D eigenvalue weighted by molar-refractivity contribution is 0.214. The fourth-order valence-electron chi connectivity index (χ4n) is 7.59. The monoisotopic (exact) mass is 592 g/mol. The molecule has 226 valence electrons. The lowest BCUT2D eigenvalue weighted by Gasteiger charge is -2.39. The average Bonchev–Trinajstić information content (AvgIpc) is 3.02. The molecule has 4 aromatic rings. The van der Waals surface area contributed by atoms with Gasteiger partial charge in [-0.1, -0.05) is 12.1 Å². The van der Waals surface area contributed by atoms with E-state index in [4.69, 9.17) is 18.9 Å². The molecule has 4 aliphatic heterocycles. The van der Waals surface area contributed by atoms with Crippen LogP contribution in [-0.2, 0) is 25.7 Å². The zero-order valence-electron chi connectivity index (χ0n) is 25.4. The Labute approximate surface area is 257 Å². The molecule has 7 bridgehead atoms. The zero-order chi connectivity index (χ0) is 30.3. The maximum atomic E-state index is 11.5. The van der Waals surface area contributed by atoms with Gasteiger partial charge in [0.25, 0.3) is 0 Å². The molecule has 4 aromatic carbocycles. The van der Waals surface area contributed by atoms with Crippen LogP contribution in [0.3, 0.4) is 0 Å². The van der Waals surface area contributed by atoms with Gasteiger partial charge < -0.3 is 29.2 Å². The third-order valence-electron chi connectivity index (χ3n) is 9.99. The number of rotatable bonds is 2. The molecule has 0 amide bonds. The van der Waals surface area contributed by atoms with Gasteiger partial charge in [0.2, 0.25) is 11.5 Å². The Kier molecular flexibility index (Phi) is 6.22. The van der Waals surface area contributed by atoms with Crippen molar-refractivity contribution in [2.75, 3.05) is 41.4 Å². The van der Waals surface area contributed by atoms with Crippen LogP contribution in [0.1, 0.15) is 45.5 Å². The molecule has 0 aromatic heterocycles. The topological polar surface area (TPSA) is 83.9 Å². The van der Waals surface area contributed by atoms with Crippen molar-refractivity contribution in [2.45, 2.75) is 37.8 Å². The summed E-state index contributed by atoms with van der Waals surface area (Å²) in [5.41, 5.74) is 7.96. The van der Waals surface area contributed by atoms with Crippen molar-refractivity contribution in [1.82, 2.24) is 9.80 Å². The minimum Gasteiger partial charge on any atom is -0.507 e. The van der Waals surface area contributed by atoms with Crippen LogP contribution >= 0.6 is 0 Å². The van der Waals surface area contributed by atoms with E-state index in [1.165, 1.54) is 11.1 Å². The number of aromatic hydroxyl groups is 2. The number of hydrogen-bond acceptors (Lipinski definition) is 8. The number of hydrogen-bond donors (Lipinski definition) is 2. The predicted molar refractivity (Wildman–Crippen MR) is 167 cm³/mol. The van der Waals surface area contributed by atoms with Crippen molar-refractivity contribution in [1.29, 1.82) is 0 Å². The summed E-state index contributed by atoms with van der Waals surface area (Å²) in [6.07, 6.45) is 2.95. The lowest BCUT2D eigenvalue weighted by atomic mass is 9.85. The SMILES string of the molecule is COc1ccc2cc1-c1cc(ccc1O)CC1c3c(c(O)c(OC)c4c3Oc3cc5c(cc3O4)CCN(C)C5C2)CCN1C. The van der Waals surface area contributed by atoms with Crippen molar-refractivity contribution in [3.8, 4) is 57.1 Å². The minimum absolute atomic E-state index is 0.105. The molecule has 2 unspecified atom stereocenters. The highest BCUT2D eigenvalue weighted by Gasteiger charge is 2.39. The van der Waals surface area contributed by atoms with Crippen molar-refractivity contribution >= 4 is 0 Å². The van der Waals surface area contributed by atoms with Gasteiger partial charge in [-0.3, -0.25) is 9.80 Å². The molecule has 4 aliphatic rings. The van der Waals surface area contributed by atoms with Gasteiger partial charge in [0.1, 0.15) is 11.5 Å². The van der Waals surface area contributed by atoms with Crippen LogP contribution in [0.5, 0.6) is 46.0 Å². The van der Waals surface area contributed by atoms with Gasteiger partial charge in [-0.2, -0.15) is 0 Å². The van der Waals surface area contributed by atoms with Crippen molar-refractivity contribution in [2.24, 2.45) is 0 Å². The molecule has 2 N–H and O–H groups in total. The molecule has 44 heavy (non-hydrogen) atoms. The molecule has 0 aliphatic carbocycles. The maximum Gasteiger partial charge on any atom is 0.216 e. The van der Waals surface area contributed by atoms with E-state index in [2.05, 4.69) is 54.2 Å². The smallest absolute Gasteiger partial charge is 0.216 e. The molecular formula is C36H36N2O6. The van der Waals surface area contributed by atoms with Gasteiger partial charge in [0.05, 0.1) is 14.2 Å². The van der Waals surface area contributed by atoms with E-state index >= 15 is 0 Å². The number of ether oxygens (including phenoxy) is 4. The Morgan fingerprint density at radius 1 is 0.750 bits per heavy atom. The van der Waals surface area contributed by atoms with Crippen molar-refractivity contribution < 1.29 is 29.2 Å². The second kappa shape index (κ2) is 10.1.